The Morgan fingerprint density at radius 2 is 1.75 bits per heavy atom. The number of halogens is 3. The van der Waals surface area contributed by atoms with Crippen LogP contribution in [0.2, 0.25) is 0 Å². The molecule has 32 heavy (non-hydrogen) atoms. The lowest BCUT2D eigenvalue weighted by molar-refractivity contribution is -0.192. The van der Waals surface area contributed by atoms with Crippen LogP contribution in [0.3, 0.4) is 0 Å². The lowest BCUT2D eigenvalue weighted by Crippen LogP contribution is -2.51. The second-order valence-corrected chi connectivity index (χ2v) is 8.09. The largest absolute Gasteiger partial charge is 0.490 e. The Balaban J connectivity index is 0.000000451. The summed E-state index contributed by atoms with van der Waals surface area (Å²) in [6, 6.07) is 10.4. The highest BCUT2D eigenvalue weighted by atomic mass is 19.4. The van der Waals surface area contributed by atoms with Gasteiger partial charge in [0.1, 0.15) is 0 Å². The van der Waals surface area contributed by atoms with Crippen LogP contribution in [-0.2, 0) is 16.1 Å². The smallest absolute Gasteiger partial charge is 0.475 e. The molecule has 0 radical (unpaired) electrons. The third-order valence-electron chi connectivity index (χ3n) is 5.64. The molecule has 11 heteroatoms. The van der Waals surface area contributed by atoms with Crippen molar-refractivity contribution in [2.45, 2.75) is 51.1 Å². The van der Waals surface area contributed by atoms with Crippen molar-refractivity contribution in [1.82, 2.24) is 20.4 Å². The van der Waals surface area contributed by atoms with Gasteiger partial charge in [0.15, 0.2) is 0 Å². The van der Waals surface area contributed by atoms with E-state index < -0.39 is 12.1 Å². The number of likely N-dealkylation sites (N-methyl/N-ethyl adjacent to an activating group) is 1. The lowest BCUT2D eigenvalue weighted by Gasteiger charge is -2.33. The van der Waals surface area contributed by atoms with Gasteiger partial charge in [-0.15, -0.1) is 0 Å². The number of alkyl halides is 3. The molecule has 2 aliphatic heterocycles. The van der Waals surface area contributed by atoms with Gasteiger partial charge in [0.2, 0.25) is 5.91 Å². The molecule has 178 valence electrons. The van der Waals surface area contributed by atoms with Crippen molar-refractivity contribution in [3.8, 4) is 0 Å². The van der Waals surface area contributed by atoms with Gasteiger partial charge < -0.3 is 20.6 Å². The molecular weight excluding hydrogens is 429 g/mol. The average Bonchev–Trinajstić information content (AvgIpc) is 3.29. The summed E-state index contributed by atoms with van der Waals surface area (Å²) < 4.78 is 31.7. The number of carbonyl (C=O) groups excluding carboxylic acids is 2. The molecule has 0 aliphatic carbocycles. The predicted octanol–water partition coefficient (Wildman–Crippen LogP) is 2.06. The Kier molecular flexibility index (Phi) is 8.48. The Labute approximate surface area is 184 Å². The number of rotatable bonds is 4. The molecule has 1 aromatic rings. The zero-order valence-corrected chi connectivity index (χ0v) is 18.2. The van der Waals surface area contributed by atoms with E-state index in [4.69, 9.17) is 9.90 Å². The van der Waals surface area contributed by atoms with E-state index in [9.17, 15) is 22.8 Å². The molecule has 3 N–H and O–H groups in total. The summed E-state index contributed by atoms with van der Waals surface area (Å²) in [7, 11) is 1.69. The quantitative estimate of drug-likeness (QED) is 0.641. The first-order valence-electron chi connectivity index (χ1n) is 10.3. The van der Waals surface area contributed by atoms with Gasteiger partial charge in [0.05, 0.1) is 6.04 Å². The van der Waals surface area contributed by atoms with E-state index in [-0.39, 0.29) is 30.1 Å². The van der Waals surface area contributed by atoms with Crippen molar-refractivity contribution < 1.29 is 32.7 Å². The van der Waals surface area contributed by atoms with Gasteiger partial charge in [0.25, 0.3) is 0 Å². The van der Waals surface area contributed by atoms with E-state index in [1.54, 1.807) is 7.05 Å². The van der Waals surface area contributed by atoms with Crippen LogP contribution in [-0.4, -0.2) is 77.3 Å². The minimum absolute atomic E-state index is 0.0153. The Morgan fingerprint density at radius 3 is 2.25 bits per heavy atom. The number of likely N-dealkylation sites (tertiary alicyclic amines) is 2. The van der Waals surface area contributed by atoms with E-state index in [1.165, 1.54) is 0 Å². The maximum Gasteiger partial charge on any atom is 0.490 e. The van der Waals surface area contributed by atoms with Crippen molar-refractivity contribution in [3.05, 3.63) is 35.9 Å². The average molecular weight is 458 g/mol. The first-order valence-corrected chi connectivity index (χ1v) is 10.3. The molecule has 0 bridgehead atoms. The second-order valence-electron chi connectivity index (χ2n) is 8.09. The van der Waals surface area contributed by atoms with Crippen LogP contribution in [0.5, 0.6) is 0 Å². The van der Waals surface area contributed by atoms with E-state index >= 15 is 0 Å². The topological polar surface area (TPSA) is 102 Å². The lowest BCUT2D eigenvalue weighted by atomic mass is 10.0. The van der Waals surface area contributed by atoms with Gasteiger partial charge in [-0.3, -0.25) is 9.69 Å². The predicted molar refractivity (Wildman–Crippen MR) is 111 cm³/mol. The van der Waals surface area contributed by atoms with Gasteiger partial charge in [-0.1, -0.05) is 30.3 Å². The number of fused-ring (bicyclic) bond motifs is 1. The zero-order valence-electron chi connectivity index (χ0n) is 18.2. The number of aliphatic carboxylic acids is 1. The summed E-state index contributed by atoms with van der Waals surface area (Å²) in [5.74, 6) is -2.30. The molecule has 3 rings (SSSR count). The molecule has 8 nitrogen and oxygen atoms in total. The Hall–Kier alpha value is -2.82. The summed E-state index contributed by atoms with van der Waals surface area (Å²) in [5, 5.41) is 12.9. The third kappa shape index (κ3) is 6.35. The highest BCUT2D eigenvalue weighted by molar-refractivity contribution is 5.82. The molecule has 0 spiro atoms. The molecule has 0 unspecified atom stereocenters. The number of nitrogens with one attached hydrogen (secondary N) is 2. The zero-order chi connectivity index (χ0) is 24.1. The van der Waals surface area contributed by atoms with Crippen LogP contribution in [0.25, 0.3) is 0 Å². The molecule has 2 saturated heterocycles. The molecule has 2 fully saturated rings. The number of nitrogens with zero attached hydrogens (tertiary/aromatic N) is 2. The Morgan fingerprint density at radius 1 is 1.16 bits per heavy atom. The van der Waals surface area contributed by atoms with Crippen LogP contribution >= 0.6 is 0 Å². The highest BCUT2D eigenvalue weighted by Gasteiger charge is 2.50. The van der Waals surface area contributed by atoms with E-state index in [0.717, 1.165) is 18.5 Å². The molecule has 0 saturated carbocycles. The SMILES string of the molecule is CNC(=O)[C@H]1C[C@@H]2CN(C(=O)NCc3ccccc3)C[C@@H]2N1C(C)C.O=C(O)C(F)(F)F. The van der Waals surface area contributed by atoms with Crippen LogP contribution in [0.4, 0.5) is 18.0 Å². The normalized spacial score (nSPS) is 22.7. The maximum absolute atomic E-state index is 12.5. The standard InChI is InChI=1S/C19H28N4O2.C2HF3O2/c1-13(2)23-16(18(24)20-3)9-15-11-22(12-17(15)23)19(25)21-10-14-7-5-4-6-8-14;3-2(4,5)1(6)7/h4-8,13,15-17H,9-12H2,1-3H3,(H,20,24)(H,21,25);(H,6,7)/t15-,16-,17+;/m1./s1. The molecular formula is C21H29F3N4O4. The number of amides is 3. The molecule has 1 aromatic carbocycles. The molecule has 3 amide bonds. The number of carboxylic acid groups (broad SMARTS) is 1. The van der Waals surface area contributed by atoms with E-state index in [0.29, 0.717) is 19.0 Å². The number of carboxylic acids is 1. The third-order valence-corrected chi connectivity index (χ3v) is 5.64. The van der Waals surface area contributed by atoms with Crippen LogP contribution in [0.15, 0.2) is 30.3 Å². The van der Waals surface area contributed by atoms with Crippen molar-refractivity contribution >= 4 is 17.9 Å². The minimum atomic E-state index is -5.08. The monoisotopic (exact) mass is 458 g/mol. The van der Waals surface area contributed by atoms with E-state index in [1.807, 2.05) is 35.2 Å². The maximum atomic E-state index is 12.5. The van der Waals surface area contributed by atoms with E-state index in [2.05, 4.69) is 29.4 Å². The van der Waals surface area contributed by atoms with Gasteiger partial charge in [0, 0.05) is 38.8 Å². The second kappa shape index (κ2) is 10.7. The summed E-state index contributed by atoms with van der Waals surface area (Å²) in [5.41, 5.74) is 1.10. The number of urea groups is 1. The number of carbonyl (C=O) groups is 3. The van der Waals surface area contributed by atoms with Gasteiger partial charge in [-0.2, -0.15) is 13.2 Å². The van der Waals surface area contributed by atoms with Crippen LogP contribution < -0.4 is 10.6 Å². The fourth-order valence-electron chi connectivity index (χ4n) is 4.27. The van der Waals surface area contributed by atoms with Crippen molar-refractivity contribution in [2.75, 3.05) is 20.1 Å². The number of hydrogen-bond donors (Lipinski definition) is 3. The number of benzene rings is 1. The summed E-state index contributed by atoms with van der Waals surface area (Å²) in [6.07, 6.45) is -4.26. The fourth-order valence-corrected chi connectivity index (χ4v) is 4.27. The molecule has 2 heterocycles. The number of hydrogen-bond acceptors (Lipinski definition) is 4. The summed E-state index contributed by atoms with van der Waals surface area (Å²) >= 11 is 0. The van der Waals surface area contributed by atoms with Crippen molar-refractivity contribution in [1.29, 1.82) is 0 Å². The summed E-state index contributed by atoms with van der Waals surface area (Å²) in [4.78, 5) is 37.8. The molecule has 3 atom stereocenters. The summed E-state index contributed by atoms with van der Waals surface area (Å²) in [6.45, 7) is 6.20. The van der Waals surface area contributed by atoms with Gasteiger partial charge >= 0.3 is 18.2 Å². The van der Waals surface area contributed by atoms with Crippen LogP contribution in [0.1, 0.15) is 25.8 Å². The fraction of sp³-hybridized carbons (Fsp3) is 0.571. The van der Waals surface area contributed by atoms with Gasteiger partial charge in [-0.25, -0.2) is 9.59 Å². The van der Waals surface area contributed by atoms with Gasteiger partial charge in [-0.05, 0) is 31.7 Å². The molecule has 2 aliphatic rings. The first-order chi connectivity index (χ1) is 15.0. The van der Waals surface area contributed by atoms with Crippen molar-refractivity contribution in [3.63, 3.8) is 0 Å². The Bertz CT molecular complexity index is 804. The van der Waals surface area contributed by atoms with Crippen LogP contribution in [0, 0.1) is 5.92 Å². The minimum Gasteiger partial charge on any atom is -0.475 e. The molecule has 0 aromatic heterocycles. The highest BCUT2D eigenvalue weighted by Crippen LogP contribution is 2.37. The first kappa shape index (κ1) is 25.4. The van der Waals surface area contributed by atoms with Crippen molar-refractivity contribution in [2.24, 2.45) is 5.92 Å².